The summed E-state index contributed by atoms with van der Waals surface area (Å²) in [4.78, 5) is 136. The predicted molar refractivity (Wildman–Crippen MR) is 309 cm³/mol. The Balaban J connectivity index is 1.61. The summed E-state index contributed by atoms with van der Waals surface area (Å²) in [7, 11) is 0. The lowest BCUT2D eigenvalue weighted by Gasteiger charge is -2.28. The molecule has 23 heteroatoms. The van der Waals surface area contributed by atoms with Crippen LogP contribution in [0.4, 0.5) is 0 Å². The molecule has 82 heavy (non-hydrogen) atoms. The van der Waals surface area contributed by atoms with E-state index in [1.54, 1.807) is 36.5 Å². The van der Waals surface area contributed by atoms with Gasteiger partial charge in [0.25, 0.3) is 5.91 Å². The van der Waals surface area contributed by atoms with E-state index in [0.29, 0.717) is 49.0 Å². The van der Waals surface area contributed by atoms with Crippen LogP contribution in [0.15, 0.2) is 73.3 Å². The predicted octanol–water partition coefficient (Wildman–Crippen LogP) is 1.11. The molecule has 0 saturated carbocycles. The second kappa shape index (κ2) is 33.3. The van der Waals surface area contributed by atoms with Crippen LogP contribution in [-0.4, -0.2) is 134 Å². The summed E-state index contributed by atoms with van der Waals surface area (Å²) < 4.78 is 0. The lowest BCUT2D eigenvalue weighted by atomic mass is 9.97. The van der Waals surface area contributed by atoms with Crippen molar-refractivity contribution in [3.63, 3.8) is 0 Å². The molecule has 4 rings (SSSR count). The van der Waals surface area contributed by atoms with Gasteiger partial charge in [0.05, 0.1) is 12.9 Å². The fourth-order valence-electron chi connectivity index (χ4n) is 9.37. The van der Waals surface area contributed by atoms with Gasteiger partial charge in [-0.1, -0.05) is 104 Å². The molecule has 0 aliphatic rings. The Bertz CT molecular complexity index is 2710. The first-order valence-electron chi connectivity index (χ1n) is 28.7. The molecule has 17 N–H and O–H groups in total. The molecule has 8 amide bonds. The number of carbonyl (C=O) groups excluding carboxylic acids is 8. The van der Waals surface area contributed by atoms with Crippen LogP contribution in [-0.2, 0) is 62.4 Å². The van der Waals surface area contributed by atoms with Gasteiger partial charge >= 0.3 is 5.97 Å². The van der Waals surface area contributed by atoms with E-state index in [9.17, 15) is 48.3 Å². The highest BCUT2D eigenvalue weighted by atomic mass is 16.4. The van der Waals surface area contributed by atoms with E-state index in [2.05, 4.69) is 69.0 Å². The molecular formula is C59H91N13O10+2. The second-order valence-corrected chi connectivity index (χ2v) is 22.8. The van der Waals surface area contributed by atoms with E-state index in [1.807, 2.05) is 79.7 Å². The fourth-order valence-corrected chi connectivity index (χ4v) is 9.37. The number of para-hydroxylation sites is 1. The van der Waals surface area contributed by atoms with Gasteiger partial charge in [-0.3, -0.25) is 38.4 Å². The van der Waals surface area contributed by atoms with Crippen LogP contribution in [0.2, 0.25) is 0 Å². The van der Waals surface area contributed by atoms with Crippen molar-refractivity contribution in [2.45, 2.75) is 181 Å². The van der Waals surface area contributed by atoms with E-state index in [4.69, 9.17) is 0 Å². The van der Waals surface area contributed by atoms with Gasteiger partial charge in [0, 0.05) is 54.2 Å². The number of rotatable bonds is 35. The number of hydrogen-bond acceptors (Lipinski definition) is 10. The van der Waals surface area contributed by atoms with Crippen LogP contribution in [0.25, 0.3) is 10.9 Å². The highest BCUT2D eigenvalue weighted by molar-refractivity contribution is 5.98. The maximum Gasteiger partial charge on any atom is 0.326 e. The molecule has 2 aromatic carbocycles. The van der Waals surface area contributed by atoms with Gasteiger partial charge in [-0.05, 0) is 86.8 Å². The van der Waals surface area contributed by atoms with Gasteiger partial charge in [0.15, 0.2) is 6.04 Å². The molecule has 0 spiro atoms. The van der Waals surface area contributed by atoms with E-state index in [0.717, 1.165) is 10.9 Å². The molecule has 450 valence electrons. The number of nitrogens with zero attached hydrogens (tertiary/aromatic N) is 1. The number of H-pyrrole nitrogens is 2. The van der Waals surface area contributed by atoms with Gasteiger partial charge in [-0.2, -0.15) is 0 Å². The topological polar surface area (TPSA) is 370 Å². The van der Waals surface area contributed by atoms with Crippen LogP contribution in [0.1, 0.15) is 124 Å². The monoisotopic (exact) mass is 1140 g/mol. The molecule has 0 bridgehead atoms. The third kappa shape index (κ3) is 21.7. The number of aliphatic carboxylic acids is 1. The Labute approximate surface area is 481 Å². The van der Waals surface area contributed by atoms with Crippen molar-refractivity contribution >= 4 is 64.1 Å². The molecule has 4 aromatic rings. The number of aromatic amines is 2. The Kier molecular flexibility index (Phi) is 27.2. The summed E-state index contributed by atoms with van der Waals surface area (Å²) in [5.41, 5.74) is 10.5. The van der Waals surface area contributed by atoms with Crippen LogP contribution in [0.3, 0.4) is 0 Å². The van der Waals surface area contributed by atoms with Crippen molar-refractivity contribution in [1.82, 2.24) is 57.5 Å². The third-order valence-corrected chi connectivity index (χ3v) is 14.3. The zero-order valence-corrected chi connectivity index (χ0v) is 49.2. The molecule has 0 unspecified atom stereocenters. The summed E-state index contributed by atoms with van der Waals surface area (Å²) >= 11 is 0. The van der Waals surface area contributed by atoms with Crippen molar-refractivity contribution in [2.75, 3.05) is 6.54 Å². The number of benzene rings is 2. The number of carbonyl (C=O) groups is 9. The summed E-state index contributed by atoms with van der Waals surface area (Å²) in [5, 5.41) is 33.0. The smallest absolute Gasteiger partial charge is 0.326 e. The van der Waals surface area contributed by atoms with Gasteiger partial charge < -0.3 is 69.1 Å². The van der Waals surface area contributed by atoms with Gasteiger partial charge in [0.1, 0.15) is 48.3 Å². The minimum absolute atomic E-state index is 0.0130. The van der Waals surface area contributed by atoms with Crippen molar-refractivity contribution in [2.24, 2.45) is 23.7 Å². The summed E-state index contributed by atoms with van der Waals surface area (Å²) in [6.45, 7) is 17.0. The number of nitrogens with one attached hydrogen (secondary N) is 10. The number of fused-ring (bicyclic) bond motifs is 1. The zero-order chi connectivity index (χ0) is 60.6. The van der Waals surface area contributed by atoms with E-state index < -0.39 is 102 Å². The largest absolute Gasteiger partial charge is 0.480 e. The average Bonchev–Trinajstić information content (AvgIpc) is 4.17. The number of hydrogen-bond donors (Lipinski definition) is 13. The molecule has 23 nitrogen and oxygen atoms in total. The van der Waals surface area contributed by atoms with E-state index in [1.165, 1.54) is 19.4 Å². The summed E-state index contributed by atoms with van der Waals surface area (Å²) in [6.07, 6.45) is 6.85. The average molecular weight is 1140 g/mol. The molecule has 0 radical (unpaired) electrons. The van der Waals surface area contributed by atoms with Crippen molar-refractivity contribution in [3.8, 4) is 0 Å². The first-order valence-corrected chi connectivity index (χ1v) is 28.7. The number of imidazole rings is 1. The molecule has 2 aromatic heterocycles. The molecular weight excluding hydrogens is 1050 g/mol. The third-order valence-electron chi connectivity index (χ3n) is 14.3. The minimum Gasteiger partial charge on any atom is -0.480 e. The van der Waals surface area contributed by atoms with Gasteiger partial charge in [-0.15, -0.1) is 0 Å². The zero-order valence-electron chi connectivity index (χ0n) is 49.2. The number of carboxylic acid groups (broad SMARTS) is 1. The lowest BCUT2D eigenvalue weighted by Crippen LogP contribution is -2.71. The molecule has 10 atom stereocenters. The van der Waals surface area contributed by atoms with Crippen LogP contribution in [0, 0.1) is 23.7 Å². The first-order chi connectivity index (χ1) is 38.9. The molecule has 2 heterocycles. The number of quaternary nitrogens is 2. The summed E-state index contributed by atoms with van der Waals surface area (Å²) in [6, 6.07) is 5.89. The number of carboxylic acids is 1. The Morgan fingerprint density at radius 1 is 0.537 bits per heavy atom. The number of amides is 8. The fraction of sp³-hybridized carbons (Fsp3) is 0.559. The molecule has 0 fully saturated rings. The maximum atomic E-state index is 14.7. The lowest BCUT2D eigenvalue weighted by molar-refractivity contribution is -0.415. The highest BCUT2D eigenvalue weighted by Crippen LogP contribution is 2.20. The second-order valence-electron chi connectivity index (χ2n) is 22.8. The first kappa shape index (κ1) is 66.8. The van der Waals surface area contributed by atoms with E-state index >= 15 is 0 Å². The van der Waals surface area contributed by atoms with Gasteiger partial charge in [-0.25, -0.2) is 9.78 Å². The molecule has 0 aliphatic carbocycles. The standard InChI is InChI=1S/C59H89N13O10/c1-10-36(8)50(61)58(80)71-44(24-33(2)3)53(75)65-37(9)51(73)66-43(22-16-17-23-60)52(74)68-46(27-38-18-12-11-13-19-38)55(77)67-45(25-34(4)5)54(76)70-48(29-40-31-62-32-64-40)57(79)69-47(56(78)72-49(59(81)82)26-35(6)7)28-39-30-63-42-21-15-14-20-41(39)42/h11-15,18-21,30-37,43-50,63H,10,16-17,22-29,60-61H2,1-9H3,(H,62,64)(H,65,75)(H,66,73)(H,67,77)(H,68,74)(H,69,79)(H,70,76)(H,71,80)(H,72,78)(H,81,82)/p+2/t36-,37-,43-,44-,45-,46-,47-,48-,49-,50-/m0/s1. The molecule has 0 aliphatic heterocycles. The Morgan fingerprint density at radius 2 is 1.01 bits per heavy atom. The maximum absolute atomic E-state index is 14.7. The highest BCUT2D eigenvalue weighted by Gasteiger charge is 2.36. The van der Waals surface area contributed by atoms with Crippen LogP contribution < -0.4 is 54.0 Å². The van der Waals surface area contributed by atoms with E-state index in [-0.39, 0.29) is 68.1 Å². The van der Waals surface area contributed by atoms with Crippen LogP contribution in [0.5, 0.6) is 0 Å². The Morgan fingerprint density at radius 3 is 1.56 bits per heavy atom. The van der Waals surface area contributed by atoms with Crippen molar-refractivity contribution in [1.29, 1.82) is 0 Å². The summed E-state index contributed by atoms with van der Waals surface area (Å²) in [5.74, 6) is -6.89. The van der Waals surface area contributed by atoms with Gasteiger partial charge in [0.2, 0.25) is 41.4 Å². The molecule has 0 saturated heterocycles. The van der Waals surface area contributed by atoms with Crippen molar-refractivity contribution < 1.29 is 59.7 Å². The minimum atomic E-state index is -1.37. The van der Waals surface area contributed by atoms with Crippen LogP contribution >= 0.6 is 0 Å². The Hall–Kier alpha value is -7.66. The SMILES string of the molecule is CC[C@H](C)[C@H]([NH3+])C(=O)N[C@@H](CC(C)C)C(=O)N[C@@H](C)C(=O)N[C@@H](CCCC[NH3+])C(=O)N[C@@H](Cc1ccccc1)C(=O)N[C@@H](CC(C)C)C(=O)N[C@@H](Cc1cnc[nH]1)C(=O)N[C@@H](Cc1c[nH]c2ccccc12)C(=O)N[C@@H](CC(C)C)C(=O)O. The number of aromatic nitrogens is 3. The number of unbranched alkanes of at least 4 members (excludes halogenated alkanes) is 1. The quantitative estimate of drug-likeness (QED) is 0.0290. The normalized spacial score (nSPS) is 15.1. The van der Waals surface area contributed by atoms with Crippen molar-refractivity contribution in [3.05, 3.63) is 90.1 Å².